The zero-order valence-corrected chi connectivity index (χ0v) is 19.1. The number of halogens is 3. The molecule has 2 unspecified atom stereocenters. The first-order valence-electron chi connectivity index (χ1n) is 9.51. The summed E-state index contributed by atoms with van der Waals surface area (Å²) in [6, 6.07) is 4.09. The van der Waals surface area contributed by atoms with E-state index in [2.05, 4.69) is 37.6 Å². The van der Waals surface area contributed by atoms with E-state index in [0.29, 0.717) is 16.6 Å². The van der Waals surface area contributed by atoms with E-state index in [1.165, 1.54) is 19.4 Å². The molecule has 1 aromatic carbocycles. The van der Waals surface area contributed by atoms with E-state index in [-0.39, 0.29) is 24.9 Å². The van der Waals surface area contributed by atoms with E-state index in [1.807, 2.05) is 13.0 Å². The molecule has 0 bridgehead atoms. The number of fused-ring (bicyclic) bond motifs is 1. The van der Waals surface area contributed by atoms with Gasteiger partial charge in [0.15, 0.2) is 11.6 Å². The van der Waals surface area contributed by atoms with Crippen molar-refractivity contribution in [1.82, 2.24) is 9.97 Å². The van der Waals surface area contributed by atoms with Crippen LogP contribution in [0.5, 0.6) is 5.75 Å². The number of aromatic amines is 1. The average molecular weight is 541 g/mol. The predicted molar refractivity (Wildman–Crippen MR) is 124 cm³/mol. The monoisotopic (exact) mass is 541 g/mol. The summed E-state index contributed by atoms with van der Waals surface area (Å²) < 4.78 is 41.5. The van der Waals surface area contributed by atoms with Crippen LogP contribution in [0, 0.1) is 11.6 Å². The Balaban J connectivity index is 1.98. The lowest BCUT2D eigenvalue weighted by molar-refractivity contribution is 0.142. The molecule has 31 heavy (non-hydrogen) atoms. The normalized spacial score (nSPS) is 14.0. The van der Waals surface area contributed by atoms with Gasteiger partial charge in [-0.15, -0.1) is 0 Å². The molecule has 2 N–H and O–H groups in total. The molecule has 0 fully saturated rings. The van der Waals surface area contributed by atoms with Crippen molar-refractivity contribution in [2.45, 2.75) is 18.9 Å². The van der Waals surface area contributed by atoms with Gasteiger partial charge in [0, 0.05) is 48.8 Å². The van der Waals surface area contributed by atoms with Gasteiger partial charge in [0.05, 0.1) is 12.2 Å². The Hall–Kier alpha value is -2.37. The Kier molecular flexibility index (Phi) is 8.10. The summed E-state index contributed by atoms with van der Waals surface area (Å²) in [4.78, 5) is 11.5. The molecule has 6 nitrogen and oxygen atoms in total. The quantitative estimate of drug-likeness (QED) is 0.226. The molecule has 164 valence electrons. The highest BCUT2D eigenvalue weighted by Crippen LogP contribution is 2.35. The Morgan fingerprint density at radius 1 is 1.32 bits per heavy atom. The van der Waals surface area contributed by atoms with Crippen LogP contribution in [0.3, 0.4) is 0 Å². The number of aliphatic hydroxyl groups is 1. The van der Waals surface area contributed by atoms with Crippen LogP contribution in [0.4, 0.5) is 8.78 Å². The first-order chi connectivity index (χ1) is 15.0. The number of nitrogens with one attached hydrogen (secondary N) is 1. The lowest BCUT2D eigenvalue weighted by Gasteiger charge is -2.16. The smallest absolute Gasteiger partial charge is 0.174 e. The molecule has 0 radical (unpaired) electrons. The number of benzene rings is 1. The number of ether oxygens (including phenoxy) is 2. The van der Waals surface area contributed by atoms with Gasteiger partial charge in [-0.2, -0.15) is 0 Å². The number of aromatic nitrogens is 2. The third-order valence-electron chi connectivity index (χ3n) is 4.77. The molecule has 0 aliphatic heterocycles. The van der Waals surface area contributed by atoms with Crippen LogP contribution in [0.25, 0.3) is 11.0 Å². The van der Waals surface area contributed by atoms with E-state index in [4.69, 9.17) is 9.47 Å². The summed E-state index contributed by atoms with van der Waals surface area (Å²) in [7, 11) is 1.49. The highest BCUT2D eigenvalue weighted by atomic mass is 127. The maximum Gasteiger partial charge on any atom is 0.174 e. The summed E-state index contributed by atoms with van der Waals surface area (Å²) in [5.74, 6) is -2.02. The molecule has 9 heteroatoms. The number of rotatable bonds is 9. The number of aliphatic imine (C=N–C) groups is 1. The molecule has 2 aromatic heterocycles. The minimum absolute atomic E-state index is 0.0459. The SMILES string of the molecule is COCCOc1ccc(F)c(C(O)c2c[nH]c3ncc(C(C)C=N/C=C\I)cc23)c1F. The summed E-state index contributed by atoms with van der Waals surface area (Å²) in [5.41, 5.74) is 1.18. The first kappa shape index (κ1) is 23.3. The molecule has 2 heterocycles. The third-order valence-corrected chi connectivity index (χ3v) is 5.09. The minimum atomic E-state index is -1.55. The Morgan fingerprint density at radius 3 is 2.87 bits per heavy atom. The summed E-state index contributed by atoms with van der Waals surface area (Å²) in [5, 5.41) is 11.5. The number of nitrogens with zero attached hydrogens (tertiary/aromatic N) is 2. The van der Waals surface area contributed by atoms with Gasteiger partial charge in [-0.3, -0.25) is 4.99 Å². The molecular formula is C22H22F2IN3O3. The summed E-state index contributed by atoms with van der Waals surface area (Å²) in [6.07, 6.45) is 5.08. The number of methoxy groups -OCH3 is 1. The lowest BCUT2D eigenvalue weighted by Crippen LogP contribution is -2.10. The lowest BCUT2D eigenvalue weighted by atomic mass is 9.97. The second-order valence-corrected chi connectivity index (χ2v) is 7.51. The third kappa shape index (κ3) is 5.28. The van der Waals surface area contributed by atoms with Gasteiger partial charge in [0.1, 0.15) is 24.2 Å². The average Bonchev–Trinajstić information content (AvgIpc) is 3.19. The standard InChI is InChI=1S/C22H22F2IN3O3/c1-13(10-26-6-5-25)14-9-15-16(12-28-22(15)27-11-14)21(29)19-17(23)3-4-18(20(19)24)31-8-7-30-2/h3-6,9-13,21,29H,7-8H2,1-2H3,(H,27,28)/b6-5-,26-10?. The van der Waals surface area contributed by atoms with Crippen molar-refractivity contribution in [2.75, 3.05) is 20.3 Å². The second kappa shape index (κ2) is 10.8. The minimum Gasteiger partial charge on any atom is -0.488 e. The van der Waals surface area contributed by atoms with E-state index < -0.39 is 23.3 Å². The van der Waals surface area contributed by atoms with Crippen molar-refractivity contribution < 1.29 is 23.4 Å². The van der Waals surface area contributed by atoms with Crippen LogP contribution in [0.2, 0.25) is 0 Å². The van der Waals surface area contributed by atoms with Crippen LogP contribution in [-0.2, 0) is 4.74 Å². The molecule has 0 aliphatic rings. The van der Waals surface area contributed by atoms with Crippen LogP contribution < -0.4 is 4.74 Å². The predicted octanol–water partition coefficient (Wildman–Crippen LogP) is 5.03. The van der Waals surface area contributed by atoms with Gasteiger partial charge in [0.25, 0.3) is 0 Å². The fraction of sp³-hybridized carbons (Fsp3) is 0.273. The number of hydrogen-bond acceptors (Lipinski definition) is 5. The van der Waals surface area contributed by atoms with Gasteiger partial charge < -0.3 is 19.6 Å². The molecule has 0 saturated heterocycles. The Morgan fingerprint density at radius 2 is 2.13 bits per heavy atom. The molecule has 2 atom stereocenters. The van der Waals surface area contributed by atoms with E-state index >= 15 is 0 Å². The number of H-pyrrole nitrogens is 1. The van der Waals surface area contributed by atoms with Crippen molar-refractivity contribution >= 4 is 39.8 Å². The zero-order chi connectivity index (χ0) is 22.4. The van der Waals surface area contributed by atoms with Crippen LogP contribution >= 0.6 is 22.6 Å². The fourth-order valence-corrected chi connectivity index (χ4v) is 3.30. The van der Waals surface area contributed by atoms with Crippen molar-refractivity contribution in [2.24, 2.45) is 4.99 Å². The van der Waals surface area contributed by atoms with Crippen LogP contribution in [0.15, 0.2) is 45.9 Å². The Bertz CT molecular complexity index is 1100. The van der Waals surface area contributed by atoms with Gasteiger partial charge in [0.2, 0.25) is 0 Å². The van der Waals surface area contributed by atoms with Crippen molar-refractivity contribution in [3.8, 4) is 5.75 Å². The first-order valence-corrected chi connectivity index (χ1v) is 10.8. The molecule has 0 saturated carbocycles. The Labute approximate surface area is 192 Å². The van der Waals surface area contributed by atoms with Gasteiger partial charge >= 0.3 is 0 Å². The number of hydrogen-bond donors (Lipinski definition) is 2. The van der Waals surface area contributed by atoms with E-state index in [0.717, 1.165) is 11.6 Å². The van der Waals surface area contributed by atoms with E-state index in [1.54, 1.807) is 22.7 Å². The molecular weight excluding hydrogens is 519 g/mol. The highest BCUT2D eigenvalue weighted by molar-refractivity contribution is 14.1. The molecule has 0 amide bonds. The number of aliphatic hydroxyl groups excluding tert-OH is 1. The molecule has 0 spiro atoms. The summed E-state index contributed by atoms with van der Waals surface area (Å²) in [6.45, 7) is 2.30. The maximum absolute atomic E-state index is 15.0. The van der Waals surface area contributed by atoms with Crippen LogP contribution in [0.1, 0.15) is 35.6 Å². The van der Waals surface area contributed by atoms with E-state index in [9.17, 15) is 13.9 Å². The second-order valence-electron chi connectivity index (χ2n) is 6.79. The topological polar surface area (TPSA) is 79.7 Å². The van der Waals surface area contributed by atoms with Crippen LogP contribution in [-0.4, -0.2) is 41.6 Å². The van der Waals surface area contributed by atoms with Crippen molar-refractivity contribution in [3.63, 3.8) is 0 Å². The maximum atomic E-state index is 15.0. The van der Waals surface area contributed by atoms with Gasteiger partial charge in [-0.1, -0.05) is 29.5 Å². The molecule has 3 aromatic rings. The number of pyridine rings is 1. The molecule has 0 aliphatic carbocycles. The fourth-order valence-electron chi connectivity index (χ4n) is 3.11. The van der Waals surface area contributed by atoms with Crippen molar-refractivity contribution in [3.05, 3.63) is 69.2 Å². The zero-order valence-electron chi connectivity index (χ0n) is 17.0. The largest absolute Gasteiger partial charge is 0.488 e. The van der Waals surface area contributed by atoms with Gasteiger partial charge in [-0.25, -0.2) is 13.8 Å². The highest BCUT2D eigenvalue weighted by Gasteiger charge is 2.25. The summed E-state index contributed by atoms with van der Waals surface area (Å²) >= 11 is 2.08. The molecule has 3 rings (SSSR count). The van der Waals surface area contributed by atoms with Crippen molar-refractivity contribution in [1.29, 1.82) is 0 Å². The van der Waals surface area contributed by atoms with Gasteiger partial charge in [-0.05, 0) is 27.8 Å².